The first-order chi connectivity index (χ1) is 15.6. The first-order valence-electron chi connectivity index (χ1n) is 10.5. The molecule has 0 saturated heterocycles. The maximum atomic E-state index is 13.4. The largest absolute Gasteiger partial charge is 0.497 e. The molecule has 0 bridgehead atoms. The van der Waals surface area contributed by atoms with Gasteiger partial charge in [-0.15, -0.1) is 0 Å². The van der Waals surface area contributed by atoms with E-state index >= 15 is 0 Å². The van der Waals surface area contributed by atoms with Crippen molar-refractivity contribution in [2.24, 2.45) is 0 Å². The molecule has 0 heterocycles. The molecule has 2 amide bonds. The van der Waals surface area contributed by atoms with Gasteiger partial charge in [0.25, 0.3) is 0 Å². The third kappa shape index (κ3) is 7.75. The molecule has 0 radical (unpaired) electrons. The zero-order chi connectivity index (χ0) is 24.6. The number of rotatable bonds is 11. The van der Waals surface area contributed by atoms with Crippen molar-refractivity contribution in [3.63, 3.8) is 0 Å². The number of anilines is 1. The number of benzene rings is 2. The van der Waals surface area contributed by atoms with E-state index in [-0.39, 0.29) is 12.5 Å². The van der Waals surface area contributed by atoms with Gasteiger partial charge in [-0.1, -0.05) is 41.1 Å². The third-order valence-electron chi connectivity index (χ3n) is 4.98. The van der Waals surface area contributed by atoms with E-state index in [1.54, 1.807) is 56.5 Å². The van der Waals surface area contributed by atoms with Gasteiger partial charge < -0.3 is 15.0 Å². The Balaban J connectivity index is 2.38. The number of hydrogen-bond donors (Lipinski definition) is 1. The number of methoxy groups -OCH3 is 1. The monoisotopic (exact) mass is 539 g/mol. The van der Waals surface area contributed by atoms with E-state index in [0.29, 0.717) is 22.5 Å². The lowest BCUT2D eigenvalue weighted by molar-refractivity contribution is -0.139. The average molecular weight is 540 g/mol. The number of sulfonamides is 1. The second-order valence-corrected chi connectivity index (χ2v) is 10.4. The van der Waals surface area contributed by atoms with Gasteiger partial charge in [0.1, 0.15) is 18.3 Å². The highest BCUT2D eigenvalue weighted by Crippen LogP contribution is 2.23. The van der Waals surface area contributed by atoms with Gasteiger partial charge in [0.2, 0.25) is 21.8 Å². The molecule has 0 aromatic heterocycles. The van der Waals surface area contributed by atoms with Crippen LogP contribution in [0, 0.1) is 0 Å². The van der Waals surface area contributed by atoms with E-state index in [0.717, 1.165) is 22.5 Å². The molecule has 1 N–H and O–H groups in total. The summed E-state index contributed by atoms with van der Waals surface area (Å²) in [5.74, 6) is -0.182. The zero-order valence-electron chi connectivity index (χ0n) is 19.2. The first-order valence-corrected chi connectivity index (χ1v) is 13.1. The summed E-state index contributed by atoms with van der Waals surface area (Å²) in [7, 11) is -2.22. The Morgan fingerprint density at radius 1 is 1.15 bits per heavy atom. The number of nitrogens with one attached hydrogen (secondary N) is 1. The molecular weight excluding hydrogens is 510 g/mol. The smallest absolute Gasteiger partial charge is 0.244 e. The molecule has 1 unspecified atom stereocenters. The first kappa shape index (κ1) is 26.7. The van der Waals surface area contributed by atoms with Crippen LogP contribution < -0.4 is 14.4 Å². The SMILES string of the molecule is CCCNC(=O)C(C)N(Cc1cccc(OC)c1)C(=O)CN(c1cccc(Br)c1)S(C)(=O)=O. The van der Waals surface area contributed by atoms with E-state index < -0.39 is 28.5 Å². The van der Waals surface area contributed by atoms with Crippen LogP contribution in [0.4, 0.5) is 5.69 Å². The standard InChI is InChI=1S/C23H30BrN3O5S/c1-5-12-25-23(29)17(2)26(15-18-8-6-11-21(13-18)32-3)22(28)16-27(33(4,30)31)20-10-7-9-19(24)14-20/h6-11,13-14,17H,5,12,15-16H2,1-4H3,(H,25,29). The normalized spacial score (nSPS) is 12.0. The highest BCUT2D eigenvalue weighted by Gasteiger charge is 2.30. The number of nitrogens with zero attached hydrogens (tertiary/aromatic N) is 2. The number of amides is 2. The summed E-state index contributed by atoms with van der Waals surface area (Å²) in [4.78, 5) is 27.5. The molecule has 0 saturated carbocycles. The summed E-state index contributed by atoms with van der Waals surface area (Å²) in [5.41, 5.74) is 1.11. The highest BCUT2D eigenvalue weighted by molar-refractivity contribution is 9.10. The van der Waals surface area contributed by atoms with Gasteiger partial charge in [-0.3, -0.25) is 13.9 Å². The van der Waals surface area contributed by atoms with Crippen molar-refractivity contribution in [1.29, 1.82) is 0 Å². The van der Waals surface area contributed by atoms with Crippen LogP contribution >= 0.6 is 15.9 Å². The van der Waals surface area contributed by atoms with E-state index in [1.165, 1.54) is 4.90 Å². The van der Waals surface area contributed by atoms with E-state index in [4.69, 9.17) is 4.74 Å². The summed E-state index contributed by atoms with van der Waals surface area (Å²) in [6.07, 6.45) is 1.80. The van der Waals surface area contributed by atoms with Crippen LogP contribution in [0.2, 0.25) is 0 Å². The molecule has 2 rings (SSSR count). The quantitative estimate of drug-likeness (QED) is 0.473. The van der Waals surface area contributed by atoms with E-state index in [9.17, 15) is 18.0 Å². The number of ether oxygens (including phenoxy) is 1. The summed E-state index contributed by atoms with van der Waals surface area (Å²) < 4.78 is 32.0. The maximum Gasteiger partial charge on any atom is 0.244 e. The maximum absolute atomic E-state index is 13.4. The highest BCUT2D eigenvalue weighted by atomic mass is 79.9. The Morgan fingerprint density at radius 2 is 1.85 bits per heavy atom. The van der Waals surface area contributed by atoms with Crippen molar-refractivity contribution in [2.45, 2.75) is 32.9 Å². The molecule has 2 aromatic carbocycles. The predicted molar refractivity (Wildman–Crippen MR) is 133 cm³/mol. The zero-order valence-corrected chi connectivity index (χ0v) is 21.6. The van der Waals surface area contributed by atoms with Gasteiger partial charge in [-0.25, -0.2) is 8.42 Å². The Bertz CT molecular complexity index is 1080. The van der Waals surface area contributed by atoms with Crippen LogP contribution in [0.5, 0.6) is 5.75 Å². The fraction of sp³-hybridized carbons (Fsp3) is 0.391. The van der Waals surface area contributed by atoms with Crippen LogP contribution in [0.15, 0.2) is 53.0 Å². The molecule has 2 aromatic rings. The fourth-order valence-corrected chi connectivity index (χ4v) is 4.42. The second-order valence-electron chi connectivity index (χ2n) is 7.59. The van der Waals surface area contributed by atoms with Crippen LogP contribution in [0.25, 0.3) is 0 Å². The lowest BCUT2D eigenvalue weighted by Gasteiger charge is -2.31. The summed E-state index contributed by atoms with van der Waals surface area (Å²) in [6.45, 7) is 3.73. The molecule has 180 valence electrons. The molecular formula is C23H30BrN3O5S. The van der Waals surface area contributed by atoms with E-state index in [2.05, 4.69) is 21.2 Å². The van der Waals surface area contributed by atoms with Crippen LogP contribution in [-0.2, 0) is 26.2 Å². The predicted octanol–water partition coefficient (Wildman–Crippen LogP) is 3.17. The lowest BCUT2D eigenvalue weighted by atomic mass is 10.1. The van der Waals surface area contributed by atoms with Crippen molar-refractivity contribution in [3.8, 4) is 5.75 Å². The van der Waals surface area contributed by atoms with Gasteiger partial charge in [0, 0.05) is 17.6 Å². The number of carbonyl (C=O) groups excluding carboxylic acids is 2. The molecule has 0 fully saturated rings. The van der Waals surface area contributed by atoms with E-state index in [1.807, 2.05) is 13.0 Å². The van der Waals surface area contributed by atoms with Crippen LogP contribution in [-0.4, -0.2) is 57.6 Å². The van der Waals surface area contributed by atoms with Crippen molar-refractivity contribution in [3.05, 3.63) is 58.6 Å². The topological polar surface area (TPSA) is 96.0 Å². The lowest BCUT2D eigenvalue weighted by Crippen LogP contribution is -2.51. The van der Waals surface area contributed by atoms with Gasteiger partial charge in [0.05, 0.1) is 19.1 Å². The molecule has 8 nitrogen and oxygen atoms in total. The molecule has 1 atom stereocenters. The summed E-state index contributed by atoms with van der Waals surface area (Å²) >= 11 is 3.33. The Morgan fingerprint density at radius 3 is 2.45 bits per heavy atom. The molecule has 33 heavy (non-hydrogen) atoms. The number of carbonyl (C=O) groups is 2. The molecule has 10 heteroatoms. The van der Waals surface area contributed by atoms with Crippen molar-refractivity contribution < 1.29 is 22.7 Å². The second kappa shape index (κ2) is 12.0. The van der Waals surface area contributed by atoms with Crippen molar-refractivity contribution in [2.75, 3.05) is 30.8 Å². The van der Waals surface area contributed by atoms with Gasteiger partial charge in [-0.2, -0.15) is 0 Å². The summed E-state index contributed by atoms with van der Waals surface area (Å²) in [6, 6.07) is 13.1. The van der Waals surface area contributed by atoms with Gasteiger partial charge in [0.15, 0.2) is 0 Å². The number of hydrogen-bond acceptors (Lipinski definition) is 5. The molecule has 0 aliphatic heterocycles. The van der Waals surface area contributed by atoms with Gasteiger partial charge in [-0.05, 0) is 49.2 Å². The minimum atomic E-state index is -3.76. The Hall–Kier alpha value is -2.59. The average Bonchev–Trinajstić information content (AvgIpc) is 2.78. The van der Waals surface area contributed by atoms with Crippen LogP contribution in [0.3, 0.4) is 0 Å². The molecule has 0 aliphatic carbocycles. The number of halogens is 1. The minimum absolute atomic E-state index is 0.118. The minimum Gasteiger partial charge on any atom is -0.497 e. The molecule has 0 aliphatic rings. The van der Waals surface area contributed by atoms with Crippen molar-refractivity contribution >= 4 is 43.5 Å². The summed E-state index contributed by atoms with van der Waals surface area (Å²) in [5, 5.41) is 2.80. The van der Waals surface area contributed by atoms with Crippen molar-refractivity contribution in [1.82, 2.24) is 10.2 Å². The van der Waals surface area contributed by atoms with Gasteiger partial charge >= 0.3 is 0 Å². The van der Waals surface area contributed by atoms with Crippen LogP contribution in [0.1, 0.15) is 25.8 Å². The third-order valence-corrected chi connectivity index (χ3v) is 6.61. The fourth-order valence-electron chi connectivity index (χ4n) is 3.19. The Labute approximate surface area is 204 Å². The Kier molecular flexibility index (Phi) is 9.72. The molecule has 0 spiro atoms.